The molecule has 7 nitrogen and oxygen atoms in total. The number of nitrogens with zero attached hydrogens (tertiary/aromatic N) is 3. The molecule has 1 atom stereocenters. The van der Waals surface area contributed by atoms with Crippen LogP contribution in [0.15, 0.2) is 82.2 Å². The Hall–Kier alpha value is -3.75. The van der Waals surface area contributed by atoms with Crippen molar-refractivity contribution in [3.8, 4) is 0 Å². The smallest absolute Gasteiger partial charge is 0.338 e. The van der Waals surface area contributed by atoms with Gasteiger partial charge in [0.1, 0.15) is 10.6 Å². The van der Waals surface area contributed by atoms with Crippen LogP contribution < -0.4 is 19.8 Å². The summed E-state index contributed by atoms with van der Waals surface area (Å²) >= 11 is 7.68. The van der Waals surface area contributed by atoms with E-state index in [1.807, 2.05) is 24.3 Å². The van der Waals surface area contributed by atoms with Gasteiger partial charge in [-0.1, -0.05) is 65.4 Å². The molecule has 5 rings (SSSR count). The largest absolute Gasteiger partial charge is 0.463 e. The second-order valence-corrected chi connectivity index (χ2v) is 9.63. The van der Waals surface area contributed by atoms with Crippen LogP contribution in [0.5, 0.6) is 0 Å². The number of carbonyl (C=O) groups is 2. The number of aromatic nitrogens is 1. The van der Waals surface area contributed by atoms with Gasteiger partial charge >= 0.3 is 5.97 Å². The fraction of sp³-hybridized carbons (Fsp3) is 0.185. The lowest BCUT2D eigenvalue weighted by atomic mass is 9.96. The highest BCUT2D eigenvalue weighted by atomic mass is 35.5. The lowest BCUT2D eigenvalue weighted by Crippen LogP contribution is -2.41. The summed E-state index contributed by atoms with van der Waals surface area (Å²) in [7, 11) is 0. The number of fused-ring (bicyclic) bond motifs is 2. The standard InChI is InChI=1S/C27H22ClN3O4S/c1-4-14-30-19-13-9-7-11-17(19)21(24(30)32)23-25(33)31-22(16-10-6-8-12-18(16)28)20(26(34)35-5-2)15(3)29-27(31)36-23/h4,6-13,22H,1,5,14H2,2-3H3/t22-/m1/s1. The molecule has 0 spiro atoms. The van der Waals surface area contributed by atoms with Gasteiger partial charge in [0, 0.05) is 17.1 Å². The molecule has 1 aromatic heterocycles. The van der Waals surface area contributed by atoms with Crippen molar-refractivity contribution in [3.63, 3.8) is 0 Å². The third-order valence-electron chi connectivity index (χ3n) is 6.15. The number of hydrogen-bond acceptors (Lipinski definition) is 6. The number of allylic oxidation sites excluding steroid dienone is 1. The molecule has 3 aromatic rings. The first-order chi connectivity index (χ1) is 17.4. The van der Waals surface area contributed by atoms with E-state index in [1.54, 1.807) is 49.1 Å². The van der Waals surface area contributed by atoms with E-state index in [1.165, 1.54) is 4.57 Å². The van der Waals surface area contributed by atoms with Gasteiger partial charge in [0.05, 0.1) is 29.1 Å². The van der Waals surface area contributed by atoms with Crippen molar-refractivity contribution in [1.29, 1.82) is 0 Å². The van der Waals surface area contributed by atoms with E-state index in [0.717, 1.165) is 11.3 Å². The molecule has 0 saturated carbocycles. The average Bonchev–Trinajstić information content (AvgIpc) is 3.32. The zero-order valence-corrected chi connectivity index (χ0v) is 21.2. The summed E-state index contributed by atoms with van der Waals surface area (Å²) in [6.07, 6.45) is 1.64. The Morgan fingerprint density at radius 2 is 1.92 bits per heavy atom. The summed E-state index contributed by atoms with van der Waals surface area (Å²) in [5.74, 6) is -0.849. The molecule has 0 aliphatic carbocycles. The number of esters is 1. The number of anilines is 1. The maximum absolute atomic E-state index is 14.0. The van der Waals surface area contributed by atoms with E-state index in [4.69, 9.17) is 16.3 Å². The molecule has 0 N–H and O–H groups in total. The molecule has 0 unspecified atom stereocenters. The summed E-state index contributed by atoms with van der Waals surface area (Å²) in [5, 5.41) is 0.400. The van der Waals surface area contributed by atoms with Crippen LogP contribution in [0.3, 0.4) is 0 Å². The van der Waals surface area contributed by atoms with Gasteiger partial charge in [-0.25, -0.2) is 9.79 Å². The maximum atomic E-state index is 14.0. The molecule has 182 valence electrons. The van der Waals surface area contributed by atoms with Crippen molar-refractivity contribution in [2.45, 2.75) is 19.9 Å². The summed E-state index contributed by atoms with van der Waals surface area (Å²) in [6.45, 7) is 7.66. The van der Waals surface area contributed by atoms with E-state index in [0.29, 0.717) is 44.5 Å². The molecular formula is C27H22ClN3O4S. The van der Waals surface area contributed by atoms with Gasteiger partial charge < -0.3 is 9.64 Å². The van der Waals surface area contributed by atoms with Crippen LogP contribution in [0.2, 0.25) is 5.02 Å². The van der Waals surface area contributed by atoms with E-state index in [9.17, 15) is 14.4 Å². The van der Waals surface area contributed by atoms with Crippen LogP contribution in [-0.2, 0) is 14.3 Å². The minimum Gasteiger partial charge on any atom is -0.463 e. The number of thiazole rings is 1. The number of para-hydroxylation sites is 1. The molecular weight excluding hydrogens is 498 g/mol. The zero-order chi connectivity index (χ0) is 25.6. The Balaban J connectivity index is 1.84. The molecule has 0 bridgehead atoms. The van der Waals surface area contributed by atoms with E-state index < -0.39 is 17.6 Å². The summed E-state index contributed by atoms with van der Waals surface area (Å²) in [6, 6.07) is 13.5. The quantitative estimate of drug-likeness (QED) is 0.382. The highest BCUT2D eigenvalue weighted by Gasteiger charge is 2.37. The average molecular weight is 520 g/mol. The SMILES string of the molecule is C=CCN1C(=O)C(=c2sc3n(c2=O)[C@H](c2ccccc2Cl)C(C(=O)OCC)=C(C)N=3)c2ccccc21. The Labute approximate surface area is 215 Å². The van der Waals surface area contributed by atoms with Crippen LogP contribution in [0.1, 0.15) is 31.0 Å². The Kier molecular flexibility index (Phi) is 6.24. The number of ether oxygens (including phenoxy) is 1. The van der Waals surface area contributed by atoms with Crippen LogP contribution >= 0.6 is 22.9 Å². The van der Waals surface area contributed by atoms with Gasteiger partial charge in [0.25, 0.3) is 11.5 Å². The molecule has 9 heteroatoms. The predicted molar refractivity (Wildman–Crippen MR) is 140 cm³/mol. The van der Waals surface area contributed by atoms with Crippen LogP contribution in [0.4, 0.5) is 5.69 Å². The number of amides is 1. The molecule has 2 aromatic carbocycles. The molecule has 3 heterocycles. The van der Waals surface area contributed by atoms with Crippen molar-refractivity contribution >= 4 is 46.1 Å². The summed E-state index contributed by atoms with van der Waals surface area (Å²) < 4.78 is 7.02. The predicted octanol–water partition coefficient (Wildman–Crippen LogP) is 3.35. The lowest BCUT2D eigenvalue weighted by molar-refractivity contribution is -0.139. The van der Waals surface area contributed by atoms with Gasteiger partial charge in [-0.2, -0.15) is 0 Å². The Morgan fingerprint density at radius 3 is 2.64 bits per heavy atom. The summed E-state index contributed by atoms with van der Waals surface area (Å²) in [5.41, 5.74) is 2.52. The number of rotatable bonds is 5. The van der Waals surface area contributed by atoms with Gasteiger partial charge in [-0.15, -0.1) is 6.58 Å². The minimum atomic E-state index is -0.848. The van der Waals surface area contributed by atoms with E-state index >= 15 is 0 Å². The van der Waals surface area contributed by atoms with Crippen molar-refractivity contribution in [2.24, 2.45) is 4.99 Å². The van der Waals surface area contributed by atoms with Crippen molar-refractivity contribution in [1.82, 2.24) is 4.57 Å². The van der Waals surface area contributed by atoms with Gasteiger partial charge in [0.2, 0.25) is 0 Å². The normalized spacial score (nSPS) is 18.0. The number of benzene rings is 2. The maximum Gasteiger partial charge on any atom is 0.338 e. The molecule has 1 amide bonds. The molecule has 0 fully saturated rings. The fourth-order valence-corrected chi connectivity index (χ4v) is 6.02. The van der Waals surface area contributed by atoms with Crippen molar-refractivity contribution < 1.29 is 14.3 Å². The third kappa shape index (κ3) is 3.65. The molecule has 0 radical (unpaired) electrons. The Morgan fingerprint density at radius 1 is 1.19 bits per heavy atom. The third-order valence-corrected chi connectivity index (χ3v) is 7.55. The molecule has 0 saturated heterocycles. The molecule has 2 aliphatic rings. The molecule has 2 aliphatic heterocycles. The monoisotopic (exact) mass is 519 g/mol. The Bertz CT molecular complexity index is 1650. The first-order valence-electron chi connectivity index (χ1n) is 11.4. The van der Waals surface area contributed by atoms with Crippen LogP contribution in [0, 0.1) is 0 Å². The second-order valence-electron chi connectivity index (χ2n) is 8.24. The van der Waals surface area contributed by atoms with Crippen LogP contribution in [-0.4, -0.2) is 29.6 Å². The first kappa shape index (κ1) is 24.0. The highest BCUT2D eigenvalue weighted by Crippen LogP contribution is 2.36. The highest BCUT2D eigenvalue weighted by molar-refractivity contribution is 7.07. The van der Waals surface area contributed by atoms with Gasteiger partial charge in [-0.05, 0) is 31.5 Å². The van der Waals surface area contributed by atoms with E-state index in [2.05, 4.69) is 11.6 Å². The fourth-order valence-electron chi connectivity index (χ4n) is 4.64. The number of halogens is 1. The topological polar surface area (TPSA) is 81.0 Å². The van der Waals surface area contributed by atoms with E-state index in [-0.39, 0.29) is 22.6 Å². The second kappa shape index (κ2) is 9.37. The van der Waals surface area contributed by atoms with Crippen molar-refractivity contribution in [2.75, 3.05) is 18.1 Å². The van der Waals surface area contributed by atoms with Gasteiger partial charge in [0.15, 0.2) is 4.80 Å². The zero-order valence-electron chi connectivity index (χ0n) is 19.7. The van der Waals surface area contributed by atoms with Crippen LogP contribution in [0.25, 0.3) is 5.57 Å². The van der Waals surface area contributed by atoms with Gasteiger partial charge in [-0.3, -0.25) is 14.2 Å². The minimum absolute atomic E-state index is 0.170. The first-order valence-corrected chi connectivity index (χ1v) is 12.6. The number of carbonyl (C=O) groups excluding carboxylic acids is 2. The molecule has 36 heavy (non-hydrogen) atoms. The number of hydrogen-bond donors (Lipinski definition) is 0. The summed E-state index contributed by atoms with van der Waals surface area (Å²) in [4.78, 5) is 47.2. The lowest BCUT2D eigenvalue weighted by Gasteiger charge is -2.25. The van der Waals surface area contributed by atoms with Crippen molar-refractivity contribution in [3.05, 3.63) is 108 Å².